The van der Waals surface area contributed by atoms with E-state index < -0.39 is 0 Å². The van der Waals surface area contributed by atoms with Gasteiger partial charge in [-0.25, -0.2) is 0 Å². The van der Waals surface area contributed by atoms with Gasteiger partial charge >= 0.3 is 0 Å². The highest BCUT2D eigenvalue weighted by atomic mass is 16.6. The predicted octanol–water partition coefficient (Wildman–Crippen LogP) is 2.28. The molecule has 0 aliphatic carbocycles. The third kappa shape index (κ3) is 4.01. The van der Waals surface area contributed by atoms with Crippen molar-refractivity contribution in [1.29, 1.82) is 0 Å². The van der Waals surface area contributed by atoms with Crippen LogP contribution < -0.4 is 5.32 Å². The van der Waals surface area contributed by atoms with Crippen molar-refractivity contribution in [2.45, 2.75) is 38.6 Å². The quantitative estimate of drug-likeness (QED) is 0.559. The molecule has 1 rings (SSSR count). The second-order valence-electron chi connectivity index (χ2n) is 4.71. The van der Waals surface area contributed by atoms with Crippen molar-refractivity contribution in [3.63, 3.8) is 0 Å². The van der Waals surface area contributed by atoms with E-state index in [4.69, 9.17) is 0 Å². The summed E-state index contributed by atoms with van der Waals surface area (Å²) in [6, 6.07) is 6.78. The van der Waals surface area contributed by atoms with E-state index in [1.807, 2.05) is 13.8 Å². The van der Waals surface area contributed by atoms with Crippen molar-refractivity contribution in [3.8, 4) is 0 Å². The molecule has 0 aliphatic heterocycles. The number of hydrogen-bond donors (Lipinski definition) is 2. The maximum absolute atomic E-state index is 10.9. The normalized spacial score (nSPS) is 11.5. The van der Waals surface area contributed by atoms with Crippen LogP contribution in [0.15, 0.2) is 24.3 Å². The molecule has 0 bridgehead atoms. The van der Waals surface area contributed by atoms with E-state index >= 15 is 0 Å². The highest BCUT2D eigenvalue weighted by molar-refractivity contribution is 5.39. The molecule has 1 aromatic rings. The summed E-state index contributed by atoms with van der Waals surface area (Å²) in [6.07, 6.45) is 2.24. The van der Waals surface area contributed by atoms with Crippen molar-refractivity contribution in [2.24, 2.45) is 0 Å². The van der Waals surface area contributed by atoms with Gasteiger partial charge in [0.15, 0.2) is 0 Å². The molecule has 0 atom stereocenters. The smallest absolute Gasteiger partial charge is 0.272 e. The van der Waals surface area contributed by atoms with Gasteiger partial charge in [0, 0.05) is 23.7 Å². The Kier molecular flexibility index (Phi) is 5.92. The Hall–Kier alpha value is -1.46. The minimum atomic E-state index is -0.353. The average molecular weight is 266 g/mol. The third-order valence-electron chi connectivity index (χ3n) is 3.74. The maximum atomic E-state index is 10.9. The van der Waals surface area contributed by atoms with Crippen LogP contribution in [0.25, 0.3) is 0 Å². The van der Waals surface area contributed by atoms with Gasteiger partial charge in [-0.2, -0.15) is 0 Å². The standard InChI is InChI=1S/C14H22N2O3/c1-3-14(4-2,11-17)15-10-9-12-7-5-6-8-13(12)16(18)19/h5-8,15,17H,3-4,9-11H2,1-2H3. The molecule has 0 amide bonds. The third-order valence-corrected chi connectivity index (χ3v) is 3.74. The van der Waals surface area contributed by atoms with Crippen molar-refractivity contribution in [2.75, 3.05) is 13.2 Å². The Morgan fingerprint density at radius 1 is 1.32 bits per heavy atom. The van der Waals surface area contributed by atoms with Gasteiger partial charge in [0.25, 0.3) is 5.69 Å². The minimum Gasteiger partial charge on any atom is -0.394 e. The number of nitro groups is 1. The highest BCUT2D eigenvalue weighted by Gasteiger charge is 2.24. The van der Waals surface area contributed by atoms with Gasteiger partial charge in [-0.15, -0.1) is 0 Å². The molecule has 2 N–H and O–H groups in total. The van der Waals surface area contributed by atoms with Crippen molar-refractivity contribution < 1.29 is 10.0 Å². The molecule has 5 heteroatoms. The molecule has 1 aromatic carbocycles. The Morgan fingerprint density at radius 3 is 2.47 bits per heavy atom. The van der Waals surface area contributed by atoms with E-state index in [-0.39, 0.29) is 22.8 Å². The molecule has 0 saturated heterocycles. The minimum absolute atomic E-state index is 0.0802. The predicted molar refractivity (Wildman–Crippen MR) is 75.2 cm³/mol. The summed E-state index contributed by atoms with van der Waals surface area (Å²) in [5.74, 6) is 0. The number of rotatable bonds is 8. The molecule has 0 unspecified atom stereocenters. The largest absolute Gasteiger partial charge is 0.394 e. The van der Waals surface area contributed by atoms with Gasteiger partial charge in [-0.3, -0.25) is 10.1 Å². The number of benzene rings is 1. The fraction of sp³-hybridized carbons (Fsp3) is 0.571. The number of nitro benzene ring substituents is 1. The van der Waals surface area contributed by atoms with E-state index in [0.29, 0.717) is 13.0 Å². The lowest BCUT2D eigenvalue weighted by molar-refractivity contribution is -0.385. The van der Waals surface area contributed by atoms with Gasteiger partial charge in [0.2, 0.25) is 0 Å². The number of para-hydroxylation sites is 1. The number of hydrogen-bond acceptors (Lipinski definition) is 4. The van der Waals surface area contributed by atoms with Crippen LogP contribution in [0.1, 0.15) is 32.3 Å². The summed E-state index contributed by atoms with van der Waals surface area (Å²) in [6.45, 7) is 4.75. The van der Waals surface area contributed by atoms with Gasteiger partial charge in [-0.05, 0) is 19.3 Å². The molecule has 0 aromatic heterocycles. The van der Waals surface area contributed by atoms with Gasteiger partial charge < -0.3 is 10.4 Å². The number of nitrogens with zero attached hydrogens (tertiary/aromatic N) is 1. The first kappa shape index (κ1) is 15.6. The molecule has 0 saturated carbocycles. The number of nitrogens with one attached hydrogen (secondary N) is 1. The Bertz CT molecular complexity index is 409. The lowest BCUT2D eigenvalue weighted by Crippen LogP contribution is -2.48. The Morgan fingerprint density at radius 2 is 1.95 bits per heavy atom. The van der Waals surface area contributed by atoms with E-state index in [0.717, 1.165) is 18.4 Å². The van der Waals surface area contributed by atoms with E-state index in [1.54, 1.807) is 18.2 Å². The molecular formula is C14H22N2O3. The summed E-state index contributed by atoms with van der Waals surface area (Å²) in [5.41, 5.74) is 0.606. The molecule has 0 radical (unpaired) electrons. The number of aliphatic hydroxyl groups excluding tert-OH is 1. The van der Waals surface area contributed by atoms with Crippen LogP contribution in [-0.4, -0.2) is 28.7 Å². The Labute approximate surface area is 113 Å². The molecule has 106 valence electrons. The zero-order valence-electron chi connectivity index (χ0n) is 11.6. The van der Waals surface area contributed by atoms with Crippen LogP contribution in [-0.2, 0) is 6.42 Å². The van der Waals surface area contributed by atoms with E-state index in [2.05, 4.69) is 5.32 Å². The van der Waals surface area contributed by atoms with Crippen LogP contribution in [0.5, 0.6) is 0 Å². The monoisotopic (exact) mass is 266 g/mol. The van der Waals surface area contributed by atoms with Gasteiger partial charge in [-0.1, -0.05) is 32.0 Å². The van der Waals surface area contributed by atoms with Crippen LogP contribution in [0.4, 0.5) is 5.69 Å². The second kappa shape index (κ2) is 7.21. The highest BCUT2D eigenvalue weighted by Crippen LogP contribution is 2.19. The molecule has 19 heavy (non-hydrogen) atoms. The van der Waals surface area contributed by atoms with Crippen molar-refractivity contribution in [3.05, 3.63) is 39.9 Å². The Balaban J connectivity index is 2.65. The van der Waals surface area contributed by atoms with E-state index in [9.17, 15) is 15.2 Å². The fourth-order valence-electron chi connectivity index (χ4n) is 2.14. The number of aliphatic hydroxyl groups is 1. The van der Waals surface area contributed by atoms with Crippen molar-refractivity contribution in [1.82, 2.24) is 5.32 Å². The summed E-state index contributed by atoms with van der Waals surface area (Å²) < 4.78 is 0. The first-order valence-electron chi connectivity index (χ1n) is 6.66. The van der Waals surface area contributed by atoms with Gasteiger partial charge in [0.05, 0.1) is 11.5 Å². The second-order valence-corrected chi connectivity index (χ2v) is 4.71. The zero-order chi connectivity index (χ0) is 14.3. The lowest BCUT2D eigenvalue weighted by atomic mass is 9.93. The average Bonchev–Trinajstić information content (AvgIpc) is 2.44. The van der Waals surface area contributed by atoms with E-state index in [1.165, 1.54) is 6.07 Å². The molecule has 0 fully saturated rings. The van der Waals surface area contributed by atoms with Gasteiger partial charge in [0.1, 0.15) is 0 Å². The zero-order valence-corrected chi connectivity index (χ0v) is 11.6. The summed E-state index contributed by atoms with van der Waals surface area (Å²) in [5, 5.41) is 23.7. The first-order chi connectivity index (χ1) is 9.08. The summed E-state index contributed by atoms with van der Waals surface area (Å²) in [7, 11) is 0. The molecule has 0 heterocycles. The topological polar surface area (TPSA) is 75.4 Å². The van der Waals surface area contributed by atoms with Crippen LogP contribution in [0.2, 0.25) is 0 Å². The lowest BCUT2D eigenvalue weighted by Gasteiger charge is -2.31. The summed E-state index contributed by atoms with van der Waals surface area (Å²) in [4.78, 5) is 10.5. The SMILES string of the molecule is CCC(CC)(CO)NCCc1ccccc1[N+](=O)[O-]. The first-order valence-corrected chi connectivity index (χ1v) is 6.66. The maximum Gasteiger partial charge on any atom is 0.272 e. The molecule has 0 spiro atoms. The summed E-state index contributed by atoms with van der Waals surface area (Å²) >= 11 is 0. The fourth-order valence-corrected chi connectivity index (χ4v) is 2.14. The van der Waals surface area contributed by atoms with Crippen molar-refractivity contribution >= 4 is 5.69 Å². The molecule has 5 nitrogen and oxygen atoms in total. The van der Waals surface area contributed by atoms with Crippen LogP contribution >= 0.6 is 0 Å². The van der Waals surface area contributed by atoms with Crippen LogP contribution in [0, 0.1) is 10.1 Å². The van der Waals surface area contributed by atoms with Crippen LogP contribution in [0.3, 0.4) is 0 Å². The molecule has 0 aliphatic rings. The molecular weight excluding hydrogens is 244 g/mol.